The molecule has 0 fully saturated rings. The number of aryl methyl sites for hydroxylation is 3. The van der Waals surface area contributed by atoms with Crippen LogP contribution in [0.1, 0.15) is 17.0 Å². The van der Waals surface area contributed by atoms with Crippen molar-refractivity contribution in [1.82, 2.24) is 29.4 Å². The zero-order valence-corrected chi connectivity index (χ0v) is 19.0. The van der Waals surface area contributed by atoms with E-state index in [1.807, 2.05) is 20.0 Å². The minimum absolute atomic E-state index is 0.0463. The minimum Gasteiger partial charge on any atom is -0.338 e. The normalized spacial score (nSPS) is 11.2. The van der Waals surface area contributed by atoms with E-state index in [0.29, 0.717) is 12.2 Å². The Morgan fingerprint density at radius 2 is 1.90 bits per heavy atom. The van der Waals surface area contributed by atoms with E-state index in [1.54, 1.807) is 33.7 Å². The first kappa shape index (κ1) is 20.3. The van der Waals surface area contributed by atoms with Gasteiger partial charge in [0.05, 0.1) is 28.6 Å². The maximum Gasteiger partial charge on any atom is 0.244 e. The average molecular weight is 467 g/mol. The predicted octanol–water partition coefficient (Wildman–Crippen LogP) is 3.87. The summed E-state index contributed by atoms with van der Waals surface area (Å²) in [5.74, 6) is -0.0463. The van der Waals surface area contributed by atoms with E-state index in [4.69, 9.17) is 0 Å². The molecule has 3 heterocycles. The summed E-state index contributed by atoms with van der Waals surface area (Å²) in [6.07, 6.45) is 3.50. The molecule has 0 bridgehead atoms. The second-order valence-electron chi connectivity index (χ2n) is 7.48. The SMILES string of the molecule is Cc1ccc(-c2ccnc3c2c(C)nn3CC(=O)N(C)Cc2c(Br)cnn2C)cc1. The van der Waals surface area contributed by atoms with E-state index in [2.05, 4.69) is 62.3 Å². The Morgan fingerprint density at radius 1 is 1.17 bits per heavy atom. The highest BCUT2D eigenvalue weighted by Crippen LogP contribution is 2.30. The highest BCUT2D eigenvalue weighted by molar-refractivity contribution is 9.10. The average Bonchev–Trinajstić information content (AvgIpc) is 3.22. The molecule has 0 saturated carbocycles. The number of hydrogen-bond acceptors (Lipinski definition) is 4. The first-order chi connectivity index (χ1) is 14.3. The predicted molar refractivity (Wildman–Crippen MR) is 120 cm³/mol. The van der Waals surface area contributed by atoms with Gasteiger partial charge in [-0.15, -0.1) is 0 Å². The van der Waals surface area contributed by atoms with Crippen molar-refractivity contribution in [3.63, 3.8) is 0 Å². The van der Waals surface area contributed by atoms with Crippen molar-refractivity contribution in [3.05, 3.63) is 64.1 Å². The lowest BCUT2D eigenvalue weighted by molar-refractivity contribution is -0.131. The van der Waals surface area contributed by atoms with Crippen LogP contribution in [0.3, 0.4) is 0 Å². The van der Waals surface area contributed by atoms with Crippen LogP contribution in [0, 0.1) is 13.8 Å². The summed E-state index contributed by atoms with van der Waals surface area (Å²) in [4.78, 5) is 19.1. The molecule has 0 unspecified atom stereocenters. The summed E-state index contributed by atoms with van der Waals surface area (Å²) in [6, 6.07) is 10.4. The molecule has 0 spiro atoms. The molecule has 7 nitrogen and oxygen atoms in total. The molecule has 4 aromatic rings. The van der Waals surface area contributed by atoms with Gasteiger partial charge in [-0.2, -0.15) is 10.2 Å². The molecule has 3 aromatic heterocycles. The molecule has 0 aliphatic heterocycles. The maximum atomic E-state index is 12.9. The van der Waals surface area contributed by atoms with Crippen molar-refractivity contribution in [2.75, 3.05) is 7.05 Å². The summed E-state index contributed by atoms with van der Waals surface area (Å²) in [6.45, 7) is 4.61. The van der Waals surface area contributed by atoms with Gasteiger partial charge in [0.1, 0.15) is 6.54 Å². The smallest absolute Gasteiger partial charge is 0.244 e. The van der Waals surface area contributed by atoms with Crippen molar-refractivity contribution in [3.8, 4) is 11.1 Å². The Morgan fingerprint density at radius 3 is 2.57 bits per heavy atom. The number of carbonyl (C=O) groups is 1. The number of benzene rings is 1. The lowest BCUT2D eigenvalue weighted by Crippen LogP contribution is -2.31. The first-order valence-corrected chi connectivity index (χ1v) is 10.4. The summed E-state index contributed by atoms with van der Waals surface area (Å²) in [5.41, 5.74) is 5.91. The van der Waals surface area contributed by atoms with E-state index in [9.17, 15) is 4.79 Å². The third kappa shape index (κ3) is 3.75. The zero-order chi connectivity index (χ0) is 21.4. The van der Waals surface area contributed by atoms with Gasteiger partial charge in [-0.3, -0.25) is 9.48 Å². The van der Waals surface area contributed by atoms with Crippen LogP contribution in [-0.2, 0) is 24.9 Å². The number of aromatic nitrogens is 5. The maximum absolute atomic E-state index is 12.9. The quantitative estimate of drug-likeness (QED) is 0.447. The fraction of sp³-hybridized carbons (Fsp3) is 0.273. The van der Waals surface area contributed by atoms with Crippen LogP contribution in [0.2, 0.25) is 0 Å². The van der Waals surface area contributed by atoms with Crippen LogP contribution < -0.4 is 0 Å². The van der Waals surface area contributed by atoms with Crippen LogP contribution in [-0.4, -0.2) is 42.4 Å². The number of amides is 1. The zero-order valence-electron chi connectivity index (χ0n) is 17.4. The highest BCUT2D eigenvalue weighted by atomic mass is 79.9. The molecule has 1 amide bonds. The number of likely N-dealkylation sites (N-methyl/N-ethyl adjacent to an activating group) is 1. The van der Waals surface area contributed by atoms with Gasteiger partial charge in [-0.05, 0) is 47.0 Å². The van der Waals surface area contributed by atoms with Gasteiger partial charge in [0.2, 0.25) is 5.91 Å². The van der Waals surface area contributed by atoms with E-state index >= 15 is 0 Å². The number of pyridine rings is 1. The monoisotopic (exact) mass is 466 g/mol. The summed E-state index contributed by atoms with van der Waals surface area (Å²) in [5, 5.41) is 9.81. The van der Waals surface area contributed by atoms with Crippen LogP contribution >= 0.6 is 15.9 Å². The van der Waals surface area contributed by atoms with E-state index < -0.39 is 0 Å². The molecule has 0 atom stereocenters. The Labute approximate surface area is 183 Å². The molecule has 0 aliphatic carbocycles. The summed E-state index contributed by atoms with van der Waals surface area (Å²) < 4.78 is 4.34. The van der Waals surface area contributed by atoms with Gasteiger partial charge in [0.15, 0.2) is 5.65 Å². The molecule has 30 heavy (non-hydrogen) atoms. The van der Waals surface area contributed by atoms with Crippen LogP contribution in [0.5, 0.6) is 0 Å². The van der Waals surface area contributed by atoms with Gasteiger partial charge < -0.3 is 4.90 Å². The molecule has 1 aromatic carbocycles. The van der Waals surface area contributed by atoms with Crippen LogP contribution in [0.25, 0.3) is 22.2 Å². The largest absolute Gasteiger partial charge is 0.338 e. The van der Waals surface area contributed by atoms with Gasteiger partial charge in [-0.25, -0.2) is 9.67 Å². The van der Waals surface area contributed by atoms with Crippen LogP contribution in [0.4, 0.5) is 0 Å². The van der Waals surface area contributed by atoms with E-state index in [0.717, 1.165) is 32.4 Å². The van der Waals surface area contributed by atoms with Gasteiger partial charge in [0.25, 0.3) is 0 Å². The number of nitrogens with zero attached hydrogens (tertiary/aromatic N) is 6. The van der Waals surface area contributed by atoms with Gasteiger partial charge in [-0.1, -0.05) is 29.8 Å². The van der Waals surface area contributed by atoms with E-state index in [-0.39, 0.29) is 12.5 Å². The lowest BCUT2D eigenvalue weighted by atomic mass is 10.0. The van der Waals surface area contributed by atoms with Crippen molar-refractivity contribution in [1.29, 1.82) is 0 Å². The van der Waals surface area contributed by atoms with Crippen molar-refractivity contribution in [2.24, 2.45) is 7.05 Å². The minimum atomic E-state index is -0.0463. The fourth-order valence-electron chi connectivity index (χ4n) is 3.54. The summed E-state index contributed by atoms with van der Waals surface area (Å²) in [7, 11) is 3.64. The molecule has 0 radical (unpaired) electrons. The molecule has 154 valence electrons. The lowest BCUT2D eigenvalue weighted by Gasteiger charge is -2.17. The fourth-order valence-corrected chi connectivity index (χ4v) is 4.01. The van der Waals surface area contributed by atoms with Crippen molar-refractivity contribution >= 4 is 32.9 Å². The van der Waals surface area contributed by atoms with Crippen molar-refractivity contribution in [2.45, 2.75) is 26.9 Å². The molecule has 0 saturated heterocycles. The topological polar surface area (TPSA) is 68.8 Å². The molecule has 4 rings (SSSR count). The van der Waals surface area contributed by atoms with Gasteiger partial charge >= 0.3 is 0 Å². The molecule has 0 aliphatic rings. The number of hydrogen-bond donors (Lipinski definition) is 0. The third-order valence-electron chi connectivity index (χ3n) is 5.28. The summed E-state index contributed by atoms with van der Waals surface area (Å²) >= 11 is 3.48. The Kier molecular flexibility index (Phi) is 5.42. The highest BCUT2D eigenvalue weighted by Gasteiger charge is 2.19. The first-order valence-electron chi connectivity index (χ1n) is 9.64. The van der Waals surface area contributed by atoms with Crippen molar-refractivity contribution < 1.29 is 4.79 Å². The Hall–Kier alpha value is -3.00. The van der Waals surface area contributed by atoms with Gasteiger partial charge in [0, 0.05) is 25.7 Å². The van der Waals surface area contributed by atoms with E-state index in [1.165, 1.54) is 5.56 Å². The second-order valence-corrected chi connectivity index (χ2v) is 8.33. The van der Waals surface area contributed by atoms with Crippen LogP contribution in [0.15, 0.2) is 47.2 Å². The molecule has 8 heteroatoms. The molecular formula is C22H23BrN6O. The molecule has 0 N–H and O–H groups in total. The number of fused-ring (bicyclic) bond motifs is 1. The standard InChI is InChI=1S/C22H23BrN6O/c1-14-5-7-16(8-6-14)17-9-10-24-22-21(17)15(2)26-29(22)13-20(30)27(3)12-19-18(23)11-25-28(19)4/h5-11H,12-13H2,1-4H3. The molecular weight excluding hydrogens is 444 g/mol. The number of carbonyl (C=O) groups excluding carboxylic acids is 1. The number of halogens is 1. The Balaban J connectivity index is 1.63. The second kappa shape index (κ2) is 8.02. The number of rotatable bonds is 5. The third-order valence-corrected chi connectivity index (χ3v) is 5.94. The Bertz CT molecular complexity index is 1210.